The molecule has 4 rings (SSSR count). The van der Waals surface area contributed by atoms with Gasteiger partial charge in [0.2, 0.25) is 5.95 Å². The number of amides is 1. The Morgan fingerprint density at radius 1 is 1.33 bits per heavy atom. The molecular formula is C15H22N4O2. The van der Waals surface area contributed by atoms with E-state index in [9.17, 15) is 4.79 Å². The predicted molar refractivity (Wildman–Crippen MR) is 79.2 cm³/mol. The average molecular weight is 290 g/mol. The minimum absolute atomic E-state index is 0.200. The molecule has 0 aliphatic carbocycles. The van der Waals surface area contributed by atoms with Crippen LogP contribution in [0, 0.1) is 6.92 Å². The molecule has 6 nitrogen and oxygen atoms in total. The lowest BCUT2D eigenvalue weighted by Crippen LogP contribution is -2.70. The first-order chi connectivity index (χ1) is 9.83. The van der Waals surface area contributed by atoms with Gasteiger partial charge in [-0.15, -0.1) is 0 Å². The van der Waals surface area contributed by atoms with E-state index in [0.717, 1.165) is 31.2 Å². The molecular weight excluding hydrogens is 268 g/mol. The lowest BCUT2D eigenvalue weighted by Gasteiger charge is -2.55. The summed E-state index contributed by atoms with van der Waals surface area (Å²) in [6.07, 6.45) is 2.62. The highest BCUT2D eigenvalue weighted by atomic mass is 16.6. The summed E-state index contributed by atoms with van der Waals surface area (Å²) in [6, 6.07) is 2.31. The maximum absolute atomic E-state index is 12.2. The summed E-state index contributed by atoms with van der Waals surface area (Å²) in [5.41, 5.74) is 0.517. The molecule has 114 valence electrons. The van der Waals surface area contributed by atoms with Gasteiger partial charge in [-0.3, -0.25) is 4.90 Å². The summed E-state index contributed by atoms with van der Waals surface area (Å²) in [4.78, 5) is 25.0. The lowest BCUT2D eigenvalue weighted by molar-refractivity contribution is -0.0381. The number of nitrogens with zero attached hydrogens (tertiary/aromatic N) is 4. The normalized spacial score (nSPS) is 24.6. The van der Waals surface area contributed by atoms with Crippen LogP contribution in [0.1, 0.15) is 32.9 Å². The van der Waals surface area contributed by atoms with Gasteiger partial charge in [0, 0.05) is 25.0 Å². The standard InChI is InChI=1S/C15H22N4O2/c1-10-5-6-16-13(17-10)18-8-11-7-12(9-18)19(11)14(20)21-15(2,3)4/h5-6,11-12H,7-9H2,1-4H3. The van der Waals surface area contributed by atoms with Gasteiger partial charge >= 0.3 is 6.09 Å². The van der Waals surface area contributed by atoms with Crippen molar-refractivity contribution in [2.45, 2.75) is 51.8 Å². The third kappa shape index (κ3) is 2.80. The first kappa shape index (κ1) is 14.1. The lowest BCUT2D eigenvalue weighted by atomic mass is 9.88. The first-order valence-corrected chi connectivity index (χ1v) is 7.39. The molecule has 3 fully saturated rings. The van der Waals surface area contributed by atoms with Crippen molar-refractivity contribution in [3.8, 4) is 0 Å². The van der Waals surface area contributed by atoms with Gasteiger partial charge in [-0.2, -0.15) is 0 Å². The minimum Gasteiger partial charge on any atom is -0.444 e. The van der Waals surface area contributed by atoms with Crippen LogP contribution in [0.3, 0.4) is 0 Å². The van der Waals surface area contributed by atoms with Crippen molar-refractivity contribution in [2.75, 3.05) is 18.0 Å². The number of aromatic nitrogens is 2. The molecule has 0 saturated carbocycles. The third-order valence-corrected chi connectivity index (χ3v) is 3.86. The number of piperidine rings is 1. The second-order valence-corrected chi connectivity index (χ2v) is 6.83. The number of anilines is 1. The summed E-state index contributed by atoms with van der Waals surface area (Å²) in [6.45, 7) is 9.20. The molecule has 0 aromatic carbocycles. The number of carbonyl (C=O) groups is 1. The number of ether oxygens (including phenoxy) is 1. The molecule has 0 radical (unpaired) electrons. The number of hydrogen-bond acceptors (Lipinski definition) is 5. The molecule has 1 amide bonds. The van der Waals surface area contributed by atoms with Gasteiger partial charge in [0.05, 0.1) is 12.1 Å². The van der Waals surface area contributed by atoms with Crippen LogP contribution in [0.25, 0.3) is 0 Å². The number of piperazine rings is 1. The second kappa shape index (κ2) is 4.86. The second-order valence-electron chi connectivity index (χ2n) is 6.83. The van der Waals surface area contributed by atoms with Gasteiger partial charge in [0.15, 0.2) is 0 Å². The van der Waals surface area contributed by atoms with E-state index in [1.165, 1.54) is 0 Å². The number of fused-ring (bicyclic) bond motifs is 2. The minimum atomic E-state index is -0.444. The van der Waals surface area contributed by atoms with E-state index in [-0.39, 0.29) is 18.2 Å². The van der Waals surface area contributed by atoms with E-state index in [4.69, 9.17) is 4.74 Å². The van der Waals surface area contributed by atoms with Gasteiger partial charge < -0.3 is 9.64 Å². The monoisotopic (exact) mass is 290 g/mol. The summed E-state index contributed by atoms with van der Waals surface area (Å²) in [7, 11) is 0. The fourth-order valence-corrected chi connectivity index (χ4v) is 2.97. The van der Waals surface area contributed by atoms with Crippen LogP contribution in [-0.4, -0.2) is 51.7 Å². The van der Waals surface area contributed by atoms with Crippen LogP contribution in [0.5, 0.6) is 0 Å². The van der Waals surface area contributed by atoms with Crippen LogP contribution >= 0.6 is 0 Å². The summed E-state index contributed by atoms with van der Waals surface area (Å²) < 4.78 is 5.48. The van der Waals surface area contributed by atoms with Crippen LogP contribution in [0.4, 0.5) is 10.7 Å². The van der Waals surface area contributed by atoms with E-state index < -0.39 is 5.60 Å². The zero-order valence-corrected chi connectivity index (χ0v) is 13.0. The summed E-state index contributed by atoms with van der Waals surface area (Å²) in [5.74, 6) is 0.758. The molecule has 21 heavy (non-hydrogen) atoms. The smallest absolute Gasteiger partial charge is 0.410 e. The average Bonchev–Trinajstić information content (AvgIpc) is 2.36. The van der Waals surface area contributed by atoms with E-state index in [2.05, 4.69) is 14.9 Å². The van der Waals surface area contributed by atoms with E-state index >= 15 is 0 Å². The van der Waals surface area contributed by atoms with Crippen LogP contribution in [0.2, 0.25) is 0 Å². The Balaban J connectivity index is 1.66. The summed E-state index contributed by atoms with van der Waals surface area (Å²) in [5, 5.41) is 0. The highest BCUT2D eigenvalue weighted by Gasteiger charge is 2.49. The van der Waals surface area contributed by atoms with Crippen LogP contribution in [0.15, 0.2) is 12.3 Å². The molecule has 2 bridgehead atoms. The quantitative estimate of drug-likeness (QED) is 0.791. The van der Waals surface area contributed by atoms with Crippen LogP contribution in [-0.2, 0) is 4.74 Å². The van der Waals surface area contributed by atoms with Crippen molar-refractivity contribution in [3.63, 3.8) is 0 Å². The van der Waals surface area contributed by atoms with Crippen molar-refractivity contribution in [1.29, 1.82) is 0 Å². The van der Waals surface area contributed by atoms with Gasteiger partial charge in [0.25, 0.3) is 0 Å². The number of carbonyl (C=O) groups excluding carboxylic acids is 1. The maximum Gasteiger partial charge on any atom is 0.410 e. The Morgan fingerprint density at radius 3 is 2.57 bits per heavy atom. The van der Waals surface area contributed by atoms with Crippen molar-refractivity contribution in [1.82, 2.24) is 14.9 Å². The fourth-order valence-electron chi connectivity index (χ4n) is 2.97. The zero-order valence-electron chi connectivity index (χ0n) is 13.0. The molecule has 1 aromatic rings. The Labute approximate surface area is 125 Å². The molecule has 4 heterocycles. The molecule has 3 aliphatic rings. The van der Waals surface area contributed by atoms with E-state index in [1.54, 1.807) is 6.20 Å². The largest absolute Gasteiger partial charge is 0.444 e. The Kier molecular flexibility index (Phi) is 3.26. The fraction of sp³-hybridized carbons (Fsp3) is 0.667. The molecule has 0 N–H and O–H groups in total. The maximum atomic E-state index is 12.2. The van der Waals surface area contributed by atoms with Gasteiger partial charge in [-0.1, -0.05) is 0 Å². The first-order valence-electron chi connectivity index (χ1n) is 7.39. The van der Waals surface area contributed by atoms with E-state index in [1.807, 2.05) is 38.7 Å². The SMILES string of the molecule is Cc1ccnc(N2CC3CC(C2)N3C(=O)OC(C)(C)C)n1. The Morgan fingerprint density at radius 2 is 2.00 bits per heavy atom. The Hall–Kier alpha value is -1.85. The zero-order chi connectivity index (χ0) is 15.2. The van der Waals surface area contributed by atoms with Crippen molar-refractivity contribution >= 4 is 12.0 Å². The third-order valence-electron chi connectivity index (χ3n) is 3.86. The van der Waals surface area contributed by atoms with Gasteiger partial charge in [-0.25, -0.2) is 14.8 Å². The van der Waals surface area contributed by atoms with Crippen molar-refractivity contribution < 1.29 is 9.53 Å². The number of aryl methyl sites for hydroxylation is 1. The van der Waals surface area contributed by atoms with Crippen molar-refractivity contribution in [2.24, 2.45) is 0 Å². The molecule has 0 spiro atoms. The van der Waals surface area contributed by atoms with Crippen molar-refractivity contribution in [3.05, 3.63) is 18.0 Å². The molecule has 3 aliphatic heterocycles. The summed E-state index contributed by atoms with van der Waals surface area (Å²) >= 11 is 0. The molecule has 2 atom stereocenters. The molecule has 1 aromatic heterocycles. The number of hydrogen-bond donors (Lipinski definition) is 0. The topological polar surface area (TPSA) is 58.6 Å². The van der Waals surface area contributed by atoms with Crippen LogP contribution < -0.4 is 4.90 Å². The molecule has 3 saturated heterocycles. The Bertz CT molecular complexity index is 543. The van der Waals surface area contributed by atoms with Gasteiger partial charge in [-0.05, 0) is 40.2 Å². The molecule has 6 heteroatoms. The van der Waals surface area contributed by atoms with Gasteiger partial charge in [0.1, 0.15) is 5.60 Å². The molecule has 2 unspecified atom stereocenters. The highest BCUT2D eigenvalue weighted by Crippen LogP contribution is 2.34. The predicted octanol–water partition coefficient (Wildman–Crippen LogP) is 1.98. The highest BCUT2D eigenvalue weighted by molar-refractivity contribution is 5.71. The number of rotatable bonds is 1. The van der Waals surface area contributed by atoms with E-state index in [0.29, 0.717) is 0 Å².